The third-order valence-corrected chi connectivity index (χ3v) is 8.42. The van der Waals surface area contributed by atoms with Crippen molar-refractivity contribution in [3.8, 4) is 0 Å². The van der Waals surface area contributed by atoms with Gasteiger partial charge in [-0.15, -0.1) is 0 Å². The Morgan fingerprint density at radius 1 is 0.929 bits per heavy atom. The first-order valence-electron chi connectivity index (χ1n) is 11.4. The Kier molecular flexibility index (Phi) is 12.3. The Morgan fingerprint density at radius 3 is 2.04 bits per heavy atom. The van der Waals surface area contributed by atoms with Crippen molar-refractivity contribution in [1.29, 1.82) is 0 Å². The molecule has 0 aliphatic carbocycles. The van der Waals surface area contributed by atoms with Gasteiger partial charge in [0.25, 0.3) is 0 Å². The average molecular weight is 432 g/mol. The number of fused-ring (bicyclic) bond motifs is 2. The second-order valence-electron chi connectivity index (χ2n) is 8.36. The summed E-state index contributed by atoms with van der Waals surface area (Å²) < 4.78 is 6.27. The van der Waals surface area contributed by atoms with Crippen molar-refractivity contribution in [2.45, 2.75) is 89.8 Å². The van der Waals surface area contributed by atoms with E-state index in [1.54, 1.807) is 0 Å². The number of hydroxylamine groups is 2. The van der Waals surface area contributed by atoms with Gasteiger partial charge in [-0.25, -0.2) is 5.06 Å². The van der Waals surface area contributed by atoms with Crippen molar-refractivity contribution in [3.05, 3.63) is 0 Å². The van der Waals surface area contributed by atoms with E-state index in [0.29, 0.717) is 23.7 Å². The topological polar surface area (TPSA) is 49.8 Å². The molecular weight excluding hydrogens is 390 g/mol. The van der Waals surface area contributed by atoms with E-state index >= 15 is 0 Å². The Hall–Kier alpha value is 0.0900. The van der Waals surface area contributed by atoms with E-state index in [0.717, 1.165) is 30.4 Å². The van der Waals surface area contributed by atoms with Gasteiger partial charge < -0.3 is 4.74 Å². The van der Waals surface area contributed by atoms with Gasteiger partial charge in [0, 0.05) is 13.5 Å². The Bertz CT molecular complexity index is 436. The summed E-state index contributed by atoms with van der Waals surface area (Å²) in [6.45, 7) is 2.28. The van der Waals surface area contributed by atoms with Gasteiger partial charge in [0.1, 0.15) is 0 Å². The first kappa shape index (κ1) is 24.4. The minimum atomic E-state index is -0.185. The molecule has 164 valence electrons. The van der Waals surface area contributed by atoms with Crippen LogP contribution < -0.4 is 0 Å². The van der Waals surface area contributed by atoms with Crippen LogP contribution in [0.25, 0.3) is 0 Å². The fraction of sp³-hybridized carbons (Fsp3) is 0.955. The Balaban J connectivity index is 1.54. The van der Waals surface area contributed by atoms with Crippen molar-refractivity contribution in [1.82, 2.24) is 5.06 Å². The molecule has 4 unspecified atom stereocenters. The third-order valence-electron chi connectivity index (χ3n) is 6.21. The minimum absolute atomic E-state index is 0.185. The van der Waals surface area contributed by atoms with Crippen LogP contribution in [0.3, 0.4) is 0 Å². The number of hydrogen-bond acceptors (Lipinski definition) is 5. The van der Waals surface area contributed by atoms with Gasteiger partial charge in [-0.05, 0) is 79.8 Å². The molecule has 2 aliphatic rings. The zero-order chi connectivity index (χ0) is 20.2. The molecule has 4 nitrogen and oxygen atoms in total. The highest BCUT2D eigenvalue weighted by Gasteiger charge is 2.47. The van der Waals surface area contributed by atoms with Gasteiger partial charge in [-0.2, -0.15) is 23.5 Å². The summed E-state index contributed by atoms with van der Waals surface area (Å²) in [5, 5.41) is 9.75. The number of hydrogen-bond donors (Lipinski definition) is 1. The van der Waals surface area contributed by atoms with Crippen LogP contribution in [0.5, 0.6) is 0 Å². The highest BCUT2D eigenvalue weighted by Crippen LogP contribution is 2.47. The summed E-state index contributed by atoms with van der Waals surface area (Å²) in [4.78, 5) is 11.3. The van der Waals surface area contributed by atoms with Crippen molar-refractivity contribution in [2.24, 2.45) is 11.8 Å². The maximum Gasteiger partial charge on any atom is 0.245 e. The van der Waals surface area contributed by atoms with Crippen molar-refractivity contribution >= 4 is 29.4 Å². The predicted octanol–water partition coefficient (Wildman–Crippen LogP) is 5.62. The van der Waals surface area contributed by atoms with Crippen LogP contribution in [-0.2, 0) is 9.53 Å². The molecular formula is C22H41NO3S2. The lowest BCUT2D eigenvalue weighted by Gasteiger charge is -2.28. The molecule has 2 aliphatic heterocycles. The number of rotatable bonds is 16. The molecule has 6 heteroatoms. The van der Waals surface area contributed by atoms with Crippen LogP contribution in [0.4, 0.5) is 0 Å². The van der Waals surface area contributed by atoms with Crippen molar-refractivity contribution in [3.63, 3.8) is 0 Å². The first-order valence-corrected chi connectivity index (χ1v) is 13.7. The van der Waals surface area contributed by atoms with E-state index in [-0.39, 0.29) is 5.91 Å². The largest absolute Gasteiger partial charge is 0.374 e. The molecule has 1 amide bonds. The minimum Gasteiger partial charge on any atom is -0.374 e. The van der Waals surface area contributed by atoms with Crippen molar-refractivity contribution in [2.75, 3.05) is 30.1 Å². The van der Waals surface area contributed by atoms with Crippen LogP contribution in [0.1, 0.15) is 77.6 Å². The van der Waals surface area contributed by atoms with Gasteiger partial charge in [-0.3, -0.25) is 10.0 Å². The number of amides is 1. The molecule has 2 saturated heterocycles. The molecule has 2 heterocycles. The van der Waals surface area contributed by atoms with E-state index in [9.17, 15) is 4.79 Å². The highest BCUT2D eigenvalue weighted by molar-refractivity contribution is 7.99. The SMILES string of the molecule is CCCCCCSCCC1C2CCC(O2)C1CCSCCCCC(=O)N(C)O. The molecule has 2 fully saturated rings. The van der Waals surface area contributed by atoms with Crippen LogP contribution in [0.2, 0.25) is 0 Å². The molecule has 0 aromatic carbocycles. The molecule has 0 saturated carbocycles. The number of nitrogens with zero attached hydrogens (tertiary/aromatic N) is 1. The van der Waals surface area contributed by atoms with E-state index in [1.165, 1.54) is 75.7 Å². The lowest BCUT2D eigenvalue weighted by Crippen LogP contribution is -2.28. The number of ether oxygens (including phenoxy) is 1. The molecule has 0 spiro atoms. The van der Waals surface area contributed by atoms with E-state index in [1.807, 2.05) is 11.8 Å². The predicted molar refractivity (Wildman–Crippen MR) is 121 cm³/mol. The number of thioether (sulfide) groups is 2. The summed E-state index contributed by atoms with van der Waals surface area (Å²) >= 11 is 4.17. The molecule has 28 heavy (non-hydrogen) atoms. The fourth-order valence-electron chi connectivity index (χ4n) is 4.59. The normalized spacial score (nSPS) is 26.1. The molecule has 1 N–H and O–H groups in total. The van der Waals surface area contributed by atoms with Crippen LogP contribution in [0, 0.1) is 11.8 Å². The second-order valence-corrected chi connectivity index (χ2v) is 10.8. The Morgan fingerprint density at radius 2 is 1.50 bits per heavy atom. The van der Waals surface area contributed by atoms with Gasteiger partial charge in [0.15, 0.2) is 0 Å². The lowest BCUT2D eigenvalue weighted by atomic mass is 9.76. The van der Waals surface area contributed by atoms with Gasteiger partial charge in [0.2, 0.25) is 5.91 Å². The van der Waals surface area contributed by atoms with E-state index in [2.05, 4.69) is 18.7 Å². The quantitative estimate of drug-likeness (QED) is 0.195. The molecule has 0 aromatic heterocycles. The molecule has 0 radical (unpaired) electrons. The Labute approximate surface area is 180 Å². The zero-order valence-electron chi connectivity index (χ0n) is 17.9. The van der Waals surface area contributed by atoms with Crippen molar-refractivity contribution < 1.29 is 14.7 Å². The van der Waals surface area contributed by atoms with E-state index < -0.39 is 0 Å². The van der Waals surface area contributed by atoms with Gasteiger partial charge in [0.05, 0.1) is 12.2 Å². The zero-order valence-corrected chi connectivity index (χ0v) is 19.6. The average Bonchev–Trinajstić information content (AvgIpc) is 3.28. The summed E-state index contributed by atoms with van der Waals surface area (Å²) in [5.74, 6) is 6.34. The molecule has 0 aromatic rings. The standard InChI is InChI=1S/C22H41NO3S2/c1-3-4-5-7-14-27-16-12-18-19(21-11-10-20(18)26-21)13-17-28-15-8-6-9-22(24)23(2)25/h18-21,25H,3-17H2,1-2H3. The van der Waals surface area contributed by atoms with Crippen LogP contribution in [-0.4, -0.2) is 58.4 Å². The fourth-order valence-corrected chi connectivity index (χ4v) is 6.69. The van der Waals surface area contributed by atoms with Gasteiger partial charge >= 0.3 is 0 Å². The third kappa shape index (κ3) is 8.45. The summed E-state index contributed by atoms with van der Waals surface area (Å²) in [7, 11) is 1.40. The van der Waals surface area contributed by atoms with Crippen LogP contribution >= 0.6 is 23.5 Å². The molecule has 2 rings (SSSR count). The maximum atomic E-state index is 11.3. The summed E-state index contributed by atoms with van der Waals surface area (Å²) in [5.41, 5.74) is 0. The summed E-state index contributed by atoms with van der Waals surface area (Å²) in [6, 6.07) is 0. The van der Waals surface area contributed by atoms with Crippen LogP contribution in [0.15, 0.2) is 0 Å². The monoisotopic (exact) mass is 431 g/mol. The second kappa shape index (κ2) is 14.2. The molecule has 4 atom stereocenters. The van der Waals surface area contributed by atoms with E-state index in [4.69, 9.17) is 9.94 Å². The number of carbonyl (C=O) groups is 1. The van der Waals surface area contributed by atoms with Gasteiger partial charge in [-0.1, -0.05) is 26.2 Å². The summed E-state index contributed by atoms with van der Waals surface area (Å²) in [6.07, 6.45) is 14.1. The lowest BCUT2D eigenvalue weighted by molar-refractivity contribution is -0.159. The first-order chi connectivity index (χ1) is 13.6. The smallest absolute Gasteiger partial charge is 0.245 e. The maximum absolute atomic E-state index is 11.3. The molecule has 2 bridgehead atoms. The number of unbranched alkanes of at least 4 members (excludes halogenated alkanes) is 4. The highest BCUT2D eigenvalue weighted by atomic mass is 32.2. The number of carbonyl (C=O) groups excluding carboxylic acids is 1.